The van der Waals surface area contributed by atoms with Crippen LogP contribution in [0.2, 0.25) is 0 Å². The number of nitrogens with zero attached hydrogens (tertiary/aromatic N) is 1. The Hall–Kier alpha value is 0.200. The molecule has 114 valence electrons. The third kappa shape index (κ3) is 3.33. The first kappa shape index (κ1) is 16.6. The van der Waals surface area contributed by atoms with Gasteiger partial charge in [0.15, 0.2) is 9.84 Å². The summed E-state index contributed by atoms with van der Waals surface area (Å²) in [5.74, 6) is 1.10. The van der Waals surface area contributed by atoms with Crippen LogP contribution in [0, 0.1) is 0 Å². The van der Waals surface area contributed by atoms with E-state index in [0.717, 1.165) is 27.5 Å². The maximum Gasteiger partial charge on any atom is 0.253 e. The minimum absolute atomic E-state index is 0.147. The first-order chi connectivity index (χ1) is 9.26. The first-order valence-electron chi connectivity index (χ1n) is 5.68. The summed E-state index contributed by atoms with van der Waals surface area (Å²) in [5.41, 5.74) is 0.720. The second kappa shape index (κ2) is 6.13. The van der Waals surface area contributed by atoms with Crippen LogP contribution in [0.1, 0.15) is 5.56 Å². The predicted molar refractivity (Wildman–Crippen MR) is 83.7 cm³/mol. The molecule has 0 bridgehead atoms. The SMILES string of the molecule is CS(=O)(=O)C1CSCCN1S(=O)(=O)c1cc(CCl)cs1. The van der Waals surface area contributed by atoms with E-state index in [0.29, 0.717) is 5.75 Å². The van der Waals surface area contributed by atoms with Crippen LogP contribution in [0.4, 0.5) is 0 Å². The fourth-order valence-electron chi connectivity index (χ4n) is 1.85. The number of rotatable bonds is 4. The topological polar surface area (TPSA) is 71.5 Å². The molecule has 1 aromatic rings. The van der Waals surface area contributed by atoms with Crippen LogP contribution in [0.5, 0.6) is 0 Å². The zero-order chi connectivity index (χ0) is 15.0. The number of hydrogen-bond donors (Lipinski definition) is 0. The average Bonchev–Trinajstić information content (AvgIpc) is 2.87. The van der Waals surface area contributed by atoms with Crippen molar-refractivity contribution < 1.29 is 16.8 Å². The Morgan fingerprint density at radius 2 is 2.10 bits per heavy atom. The molecular formula is C10H14ClNO4S4. The van der Waals surface area contributed by atoms with Crippen molar-refractivity contribution in [2.24, 2.45) is 0 Å². The zero-order valence-corrected chi connectivity index (χ0v) is 14.7. The maximum atomic E-state index is 12.6. The van der Waals surface area contributed by atoms with Crippen LogP contribution < -0.4 is 0 Å². The highest BCUT2D eigenvalue weighted by atomic mass is 35.5. The second-order valence-electron chi connectivity index (χ2n) is 4.38. The standard InChI is InChI=1S/C10H14ClNO4S4/c1-19(13,14)9-7-17-3-2-12(9)20(15,16)10-4-8(5-11)6-18-10/h4,6,9H,2-3,5,7H2,1H3. The molecular weight excluding hydrogens is 362 g/mol. The Kier molecular flexibility index (Phi) is 5.08. The Balaban J connectivity index is 2.40. The molecule has 1 saturated heterocycles. The third-order valence-corrected chi connectivity index (χ3v) is 9.34. The lowest BCUT2D eigenvalue weighted by atomic mass is 10.4. The molecule has 0 N–H and O–H groups in total. The van der Waals surface area contributed by atoms with E-state index < -0.39 is 25.2 Å². The van der Waals surface area contributed by atoms with Crippen LogP contribution in [-0.2, 0) is 25.7 Å². The van der Waals surface area contributed by atoms with Gasteiger partial charge in [-0.15, -0.1) is 22.9 Å². The fourth-order valence-corrected chi connectivity index (χ4v) is 8.60. The Morgan fingerprint density at radius 1 is 1.40 bits per heavy atom. The number of thiophene rings is 1. The van der Waals surface area contributed by atoms with Crippen molar-refractivity contribution in [1.29, 1.82) is 0 Å². The van der Waals surface area contributed by atoms with Gasteiger partial charge in [0, 0.05) is 30.2 Å². The van der Waals surface area contributed by atoms with Crippen LogP contribution in [-0.4, -0.2) is 50.8 Å². The van der Waals surface area contributed by atoms with E-state index in [1.165, 1.54) is 17.8 Å². The molecule has 0 aromatic carbocycles. The van der Waals surface area contributed by atoms with E-state index in [9.17, 15) is 16.8 Å². The lowest BCUT2D eigenvalue weighted by Gasteiger charge is -2.32. The summed E-state index contributed by atoms with van der Waals surface area (Å²) in [6, 6.07) is 1.51. The fraction of sp³-hybridized carbons (Fsp3) is 0.600. The molecule has 0 radical (unpaired) electrons. The number of sulfone groups is 1. The molecule has 1 aliphatic heterocycles. The summed E-state index contributed by atoms with van der Waals surface area (Å²) < 4.78 is 50.0. The molecule has 1 aromatic heterocycles. The Morgan fingerprint density at radius 3 is 2.65 bits per heavy atom. The van der Waals surface area contributed by atoms with Crippen molar-refractivity contribution in [1.82, 2.24) is 4.31 Å². The van der Waals surface area contributed by atoms with Gasteiger partial charge >= 0.3 is 0 Å². The highest BCUT2D eigenvalue weighted by Crippen LogP contribution is 2.30. The van der Waals surface area contributed by atoms with Crippen molar-refractivity contribution in [3.63, 3.8) is 0 Å². The Bertz CT molecular complexity index is 682. The van der Waals surface area contributed by atoms with Gasteiger partial charge in [0.2, 0.25) is 0 Å². The van der Waals surface area contributed by atoms with Crippen molar-refractivity contribution >= 4 is 54.6 Å². The van der Waals surface area contributed by atoms with E-state index >= 15 is 0 Å². The molecule has 5 nitrogen and oxygen atoms in total. The molecule has 1 unspecified atom stereocenters. The highest BCUT2D eigenvalue weighted by Gasteiger charge is 2.39. The molecule has 2 rings (SSSR count). The van der Waals surface area contributed by atoms with Crippen molar-refractivity contribution in [2.45, 2.75) is 15.5 Å². The lowest BCUT2D eigenvalue weighted by Crippen LogP contribution is -2.49. The van der Waals surface area contributed by atoms with Gasteiger partial charge in [-0.2, -0.15) is 16.1 Å². The highest BCUT2D eigenvalue weighted by molar-refractivity contribution is 8.01. The molecule has 0 aliphatic carbocycles. The van der Waals surface area contributed by atoms with Gasteiger partial charge in [0.1, 0.15) is 9.58 Å². The molecule has 0 amide bonds. The van der Waals surface area contributed by atoms with Gasteiger partial charge in [-0.05, 0) is 17.0 Å². The largest absolute Gasteiger partial charge is 0.253 e. The molecule has 0 saturated carbocycles. The van der Waals surface area contributed by atoms with Gasteiger partial charge in [0.05, 0.1) is 0 Å². The van der Waals surface area contributed by atoms with Gasteiger partial charge in [-0.25, -0.2) is 16.8 Å². The van der Waals surface area contributed by atoms with E-state index in [1.807, 2.05) is 0 Å². The van der Waals surface area contributed by atoms with Gasteiger partial charge < -0.3 is 0 Å². The summed E-state index contributed by atoms with van der Waals surface area (Å²) >= 11 is 8.20. The summed E-state index contributed by atoms with van der Waals surface area (Å²) in [6.45, 7) is 0.207. The molecule has 10 heteroatoms. The monoisotopic (exact) mass is 375 g/mol. The molecule has 1 fully saturated rings. The molecule has 1 atom stereocenters. The Labute approximate surface area is 132 Å². The van der Waals surface area contributed by atoms with Crippen molar-refractivity contribution in [3.8, 4) is 0 Å². The van der Waals surface area contributed by atoms with Crippen molar-refractivity contribution in [3.05, 3.63) is 17.0 Å². The maximum absolute atomic E-state index is 12.6. The quantitative estimate of drug-likeness (QED) is 0.747. The summed E-state index contributed by atoms with van der Waals surface area (Å²) in [7, 11) is -7.24. The summed E-state index contributed by atoms with van der Waals surface area (Å²) in [6.07, 6.45) is 1.07. The van der Waals surface area contributed by atoms with Gasteiger partial charge in [-0.3, -0.25) is 0 Å². The summed E-state index contributed by atoms with van der Waals surface area (Å²) in [4.78, 5) is 0. The van der Waals surface area contributed by atoms with E-state index in [4.69, 9.17) is 11.6 Å². The average molecular weight is 376 g/mol. The normalized spacial score (nSPS) is 22.0. The minimum atomic E-state index is -3.78. The van der Waals surface area contributed by atoms with Crippen molar-refractivity contribution in [2.75, 3.05) is 24.3 Å². The van der Waals surface area contributed by atoms with E-state index in [2.05, 4.69) is 0 Å². The van der Waals surface area contributed by atoms with Crippen LogP contribution >= 0.6 is 34.7 Å². The number of alkyl halides is 1. The van der Waals surface area contributed by atoms with Gasteiger partial charge in [-0.1, -0.05) is 0 Å². The van der Waals surface area contributed by atoms with Crippen LogP contribution in [0.25, 0.3) is 0 Å². The number of hydrogen-bond acceptors (Lipinski definition) is 6. The second-order valence-corrected chi connectivity index (χ2v) is 11.0. The smallest absolute Gasteiger partial charge is 0.227 e. The first-order valence-corrected chi connectivity index (χ1v) is 11.6. The molecule has 2 heterocycles. The zero-order valence-electron chi connectivity index (χ0n) is 10.7. The third-order valence-electron chi connectivity index (χ3n) is 2.88. The number of thioether (sulfide) groups is 1. The number of sulfonamides is 1. The van der Waals surface area contributed by atoms with Crippen LogP contribution in [0.15, 0.2) is 15.7 Å². The minimum Gasteiger partial charge on any atom is -0.227 e. The predicted octanol–water partition coefficient (Wildman–Crippen LogP) is 1.60. The lowest BCUT2D eigenvalue weighted by molar-refractivity contribution is 0.406. The van der Waals surface area contributed by atoms with E-state index in [-0.39, 0.29) is 22.4 Å². The van der Waals surface area contributed by atoms with E-state index in [1.54, 1.807) is 5.38 Å². The van der Waals surface area contributed by atoms with Crippen LogP contribution in [0.3, 0.4) is 0 Å². The molecule has 20 heavy (non-hydrogen) atoms. The molecule has 1 aliphatic rings. The summed E-state index contributed by atoms with van der Waals surface area (Å²) in [5, 5.41) is 0.682. The molecule has 0 spiro atoms. The number of halogens is 1. The van der Waals surface area contributed by atoms with Gasteiger partial charge in [0.25, 0.3) is 10.0 Å².